The van der Waals surface area contributed by atoms with E-state index in [4.69, 9.17) is 21.4 Å². The molecule has 6 heteroatoms. The van der Waals surface area contributed by atoms with Gasteiger partial charge in [-0.15, -0.1) is 0 Å². The Morgan fingerprint density at radius 2 is 1.81 bits per heavy atom. The number of aromatic carboxylic acids is 1. The summed E-state index contributed by atoms with van der Waals surface area (Å²) in [6, 6.07) is 13.2. The van der Waals surface area contributed by atoms with Crippen LogP contribution in [0, 0.1) is 0 Å². The lowest BCUT2D eigenvalue weighted by Crippen LogP contribution is -2.11. The van der Waals surface area contributed by atoms with Crippen LogP contribution in [-0.2, 0) is 10.8 Å². The van der Waals surface area contributed by atoms with E-state index in [1.807, 2.05) is 0 Å². The van der Waals surface area contributed by atoms with Gasteiger partial charge in [-0.25, -0.2) is 4.79 Å². The van der Waals surface area contributed by atoms with E-state index >= 15 is 0 Å². The lowest BCUT2D eigenvalue weighted by atomic mass is 10.2. The predicted octanol–water partition coefficient (Wildman–Crippen LogP) is 3.22. The Bertz CT molecular complexity index is 672. The van der Waals surface area contributed by atoms with Crippen LogP contribution >= 0.6 is 11.6 Å². The molecule has 0 aromatic heterocycles. The molecule has 2 aromatic rings. The number of benzene rings is 2. The maximum atomic E-state index is 12.1. The minimum Gasteiger partial charge on any atom is -0.492 e. The normalized spacial score (nSPS) is 11.9. The van der Waals surface area contributed by atoms with Gasteiger partial charge in [-0.2, -0.15) is 0 Å². The highest BCUT2D eigenvalue weighted by Gasteiger charge is 2.12. The summed E-state index contributed by atoms with van der Waals surface area (Å²) in [7, 11) is -1.29. The molecule has 0 amide bonds. The Morgan fingerprint density at radius 1 is 1.14 bits per heavy atom. The van der Waals surface area contributed by atoms with Crippen LogP contribution in [0.25, 0.3) is 0 Å². The molecule has 1 unspecified atom stereocenters. The van der Waals surface area contributed by atoms with Crippen LogP contribution in [0.2, 0.25) is 5.02 Å². The molecular formula is C15H13ClO4S. The van der Waals surface area contributed by atoms with Crippen molar-refractivity contribution in [1.82, 2.24) is 0 Å². The Kier molecular flexibility index (Phi) is 5.36. The Balaban J connectivity index is 1.98. The Hall–Kier alpha value is -1.85. The van der Waals surface area contributed by atoms with Gasteiger partial charge in [-0.05, 0) is 24.3 Å². The number of halogens is 1. The van der Waals surface area contributed by atoms with E-state index in [1.54, 1.807) is 42.5 Å². The standard InChI is InChI=1S/C15H13ClO4S/c16-12-6-2-4-8-14(12)21(19)10-9-20-13-7-3-1-5-11(13)15(17)18/h1-8H,9-10H2,(H,17,18). The number of carboxylic acid groups (broad SMARTS) is 1. The van der Waals surface area contributed by atoms with Crippen LogP contribution in [0.15, 0.2) is 53.4 Å². The molecule has 0 aliphatic rings. The molecule has 0 bridgehead atoms. The minimum absolute atomic E-state index is 0.0843. The molecule has 0 aliphatic heterocycles. The van der Waals surface area contributed by atoms with Gasteiger partial charge in [0, 0.05) is 0 Å². The van der Waals surface area contributed by atoms with E-state index in [0.29, 0.717) is 9.92 Å². The third kappa shape index (κ3) is 4.06. The van der Waals surface area contributed by atoms with E-state index in [-0.39, 0.29) is 23.7 Å². The van der Waals surface area contributed by atoms with E-state index in [0.717, 1.165) is 0 Å². The van der Waals surface area contributed by atoms with Gasteiger partial charge in [0.05, 0.1) is 26.5 Å². The zero-order valence-electron chi connectivity index (χ0n) is 11.0. The van der Waals surface area contributed by atoms with Crippen LogP contribution in [0.4, 0.5) is 0 Å². The summed E-state index contributed by atoms with van der Waals surface area (Å²) in [6.45, 7) is 0.141. The molecule has 1 N–H and O–H groups in total. The fourth-order valence-corrected chi connectivity index (χ4v) is 3.10. The van der Waals surface area contributed by atoms with Crippen LogP contribution in [0.1, 0.15) is 10.4 Å². The fourth-order valence-electron chi connectivity index (χ4n) is 1.74. The first kappa shape index (κ1) is 15.5. The smallest absolute Gasteiger partial charge is 0.339 e. The van der Waals surface area contributed by atoms with Crippen molar-refractivity contribution in [3.8, 4) is 5.75 Å². The van der Waals surface area contributed by atoms with E-state index in [9.17, 15) is 9.00 Å². The van der Waals surface area contributed by atoms with Crippen LogP contribution in [0.5, 0.6) is 5.75 Å². The number of para-hydroxylation sites is 1. The number of carboxylic acids is 1. The second-order valence-electron chi connectivity index (χ2n) is 4.13. The molecule has 4 nitrogen and oxygen atoms in total. The monoisotopic (exact) mass is 324 g/mol. The first-order valence-electron chi connectivity index (χ1n) is 6.17. The number of rotatable bonds is 6. The summed E-state index contributed by atoms with van der Waals surface area (Å²) in [5.41, 5.74) is 0.0843. The highest BCUT2D eigenvalue weighted by atomic mass is 35.5. The van der Waals surface area contributed by atoms with Gasteiger partial charge in [0.2, 0.25) is 0 Å². The zero-order chi connectivity index (χ0) is 15.2. The van der Waals surface area contributed by atoms with Crippen molar-refractivity contribution in [3.05, 3.63) is 59.1 Å². The van der Waals surface area contributed by atoms with Crippen molar-refractivity contribution in [1.29, 1.82) is 0 Å². The molecule has 21 heavy (non-hydrogen) atoms. The largest absolute Gasteiger partial charge is 0.492 e. The number of carbonyl (C=O) groups is 1. The van der Waals surface area contributed by atoms with Crippen molar-refractivity contribution in [3.63, 3.8) is 0 Å². The van der Waals surface area contributed by atoms with Crippen molar-refractivity contribution >= 4 is 28.4 Å². The van der Waals surface area contributed by atoms with Gasteiger partial charge in [0.15, 0.2) is 0 Å². The van der Waals surface area contributed by atoms with E-state index in [1.165, 1.54) is 6.07 Å². The van der Waals surface area contributed by atoms with E-state index < -0.39 is 16.8 Å². The van der Waals surface area contributed by atoms with Crippen LogP contribution in [0.3, 0.4) is 0 Å². The third-order valence-electron chi connectivity index (χ3n) is 2.73. The van der Waals surface area contributed by atoms with Crippen LogP contribution in [-0.4, -0.2) is 27.6 Å². The molecule has 0 saturated heterocycles. The highest BCUT2D eigenvalue weighted by Crippen LogP contribution is 2.20. The summed E-state index contributed by atoms with van der Waals surface area (Å²) in [5.74, 6) is -0.559. The maximum Gasteiger partial charge on any atom is 0.339 e. The third-order valence-corrected chi connectivity index (χ3v) is 4.55. The van der Waals surface area contributed by atoms with Gasteiger partial charge in [-0.3, -0.25) is 4.21 Å². The Morgan fingerprint density at radius 3 is 2.52 bits per heavy atom. The van der Waals surface area contributed by atoms with Gasteiger partial charge < -0.3 is 9.84 Å². The first-order valence-corrected chi connectivity index (χ1v) is 7.87. The second kappa shape index (κ2) is 7.24. The van der Waals surface area contributed by atoms with Crippen molar-refractivity contribution in [2.75, 3.05) is 12.4 Å². The average molecular weight is 325 g/mol. The van der Waals surface area contributed by atoms with Gasteiger partial charge in [-0.1, -0.05) is 35.9 Å². The molecule has 0 aliphatic carbocycles. The summed E-state index contributed by atoms with van der Waals surface area (Å²) < 4.78 is 17.5. The number of ether oxygens (including phenoxy) is 1. The fraction of sp³-hybridized carbons (Fsp3) is 0.133. The highest BCUT2D eigenvalue weighted by molar-refractivity contribution is 7.85. The molecule has 0 saturated carbocycles. The molecular weight excluding hydrogens is 312 g/mol. The number of hydrogen-bond acceptors (Lipinski definition) is 3. The molecule has 0 fully saturated rings. The first-order chi connectivity index (χ1) is 10.1. The molecule has 1 atom stereocenters. The maximum absolute atomic E-state index is 12.1. The van der Waals surface area contributed by atoms with Gasteiger partial charge >= 0.3 is 5.97 Å². The van der Waals surface area contributed by atoms with Crippen LogP contribution < -0.4 is 4.74 Å². The quantitative estimate of drug-likeness (QED) is 0.886. The topological polar surface area (TPSA) is 63.6 Å². The average Bonchev–Trinajstić information content (AvgIpc) is 2.48. The second-order valence-corrected chi connectivity index (χ2v) is 6.08. The lowest BCUT2D eigenvalue weighted by molar-refractivity contribution is 0.0692. The summed E-state index contributed by atoms with van der Waals surface area (Å²) in [5, 5.41) is 9.48. The van der Waals surface area contributed by atoms with Gasteiger partial charge in [0.25, 0.3) is 0 Å². The molecule has 0 radical (unpaired) electrons. The summed E-state index contributed by atoms with van der Waals surface area (Å²) in [4.78, 5) is 11.6. The summed E-state index contributed by atoms with van der Waals surface area (Å²) in [6.07, 6.45) is 0. The SMILES string of the molecule is O=C(O)c1ccccc1OCCS(=O)c1ccccc1Cl. The number of hydrogen-bond donors (Lipinski definition) is 1. The molecule has 0 spiro atoms. The van der Waals surface area contributed by atoms with E-state index in [2.05, 4.69) is 0 Å². The zero-order valence-corrected chi connectivity index (χ0v) is 12.6. The van der Waals surface area contributed by atoms with Crippen molar-refractivity contribution in [2.24, 2.45) is 0 Å². The molecule has 2 rings (SSSR count). The van der Waals surface area contributed by atoms with Gasteiger partial charge in [0.1, 0.15) is 17.9 Å². The van der Waals surface area contributed by atoms with Crippen molar-refractivity contribution in [2.45, 2.75) is 4.90 Å². The minimum atomic E-state index is -1.29. The molecule has 110 valence electrons. The Labute approximate surface area is 129 Å². The summed E-state index contributed by atoms with van der Waals surface area (Å²) >= 11 is 5.97. The lowest BCUT2D eigenvalue weighted by Gasteiger charge is -2.09. The molecule has 2 aromatic carbocycles. The van der Waals surface area contributed by atoms with Crippen molar-refractivity contribution < 1.29 is 18.8 Å². The predicted molar refractivity (Wildman–Crippen MR) is 81.6 cm³/mol. The molecule has 0 heterocycles.